The molecule has 1 aromatic heterocycles. The van der Waals surface area contributed by atoms with Crippen molar-refractivity contribution in [2.75, 3.05) is 0 Å². The van der Waals surface area contributed by atoms with Gasteiger partial charge in [-0.3, -0.25) is 9.36 Å². The highest BCUT2D eigenvalue weighted by atomic mass is 16.5. The van der Waals surface area contributed by atoms with E-state index in [0.717, 1.165) is 16.8 Å². The number of rotatable bonds is 4. The molecule has 3 aromatic carbocycles. The monoisotopic (exact) mass is 328 g/mol. The Labute approximate surface area is 145 Å². The van der Waals surface area contributed by atoms with Crippen LogP contribution >= 0.6 is 0 Å². The van der Waals surface area contributed by atoms with Crippen LogP contribution in [0.2, 0.25) is 0 Å². The van der Waals surface area contributed by atoms with Crippen molar-refractivity contribution < 1.29 is 9.53 Å². The summed E-state index contributed by atoms with van der Waals surface area (Å²) in [5.74, 6) is 1.22. The topological polar surface area (TPSA) is 44.1 Å². The fourth-order valence-corrected chi connectivity index (χ4v) is 2.77. The summed E-state index contributed by atoms with van der Waals surface area (Å²) in [6.45, 7) is 0.220. The lowest BCUT2D eigenvalue weighted by Crippen LogP contribution is -2.16. The van der Waals surface area contributed by atoms with Crippen LogP contribution in [0.5, 0.6) is 5.75 Å². The van der Waals surface area contributed by atoms with Gasteiger partial charge in [-0.05, 0) is 36.4 Å². The molecular formula is C21H16N2O2. The van der Waals surface area contributed by atoms with Crippen LogP contribution < -0.4 is 4.74 Å². The van der Waals surface area contributed by atoms with Crippen molar-refractivity contribution in [1.29, 1.82) is 0 Å². The van der Waals surface area contributed by atoms with Gasteiger partial charge in [0, 0.05) is 5.56 Å². The minimum absolute atomic E-state index is 0.110. The number of fused-ring (bicyclic) bond motifs is 1. The zero-order chi connectivity index (χ0) is 17.1. The van der Waals surface area contributed by atoms with Crippen LogP contribution in [0.15, 0.2) is 84.9 Å². The van der Waals surface area contributed by atoms with Crippen molar-refractivity contribution >= 4 is 16.9 Å². The van der Waals surface area contributed by atoms with E-state index in [-0.39, 0.29) is 12.5 Å². The molecule has 25 heavy (non-hydrogen) atoms. The number of nitrogens with zero attached hydrogens (tertiary/aromatic N) is 2. The Morgan fingerprint density at radius 3 is 2.24 bits per heavy atom. The molecule has 0 aliphatic carbocycles. The van der Waals surface area contributed by atoms with E-state index in [9.17, 15) is 4.79 Å². The first kappa shape index (κ1) is 15.1. The maximum atomic E-state index is 13.0. The fourth-order valence-electron chi connectivity index (χ4n) is 2.77. The molecule has 1 heterocycles. The molecule has 0 aliphatic heterocycles. The summed E-state index contributed by atoms with van der Waals surface area (Å²) in [5.41, 5.74) is 2.17. The molecule has 0 fully saturated rings. The zero-order valence-electron chi connectivity index (χ0n) is 13.5. The lowest BCUT2D eigenvalue weighted by Gasteiger charge is -2.09. The van der Waals surface area contributed by atoms with Gasteiger partial charge in [0.25, 0.3) is 5.91 Å². The zero-order valence-corrected chi connectivity index (χ0v) is 13.5. The van der Waals surface area contributed by atoms with Gasteiger partial charge in [0.2, 0.25) is 0 Å². The molecular weight excluding hydrogens is 312 g/mol. The van der Waals surface area contributed by atoms with E-state index in [2.05, 4.69) is 4.98 Å². The third-order valence-corrected chi connectivity index (χ3v) is 3.97. The summed E-state index contributed by atoms with van der Waals surface area (Å²) < 4.78 is 7.45. The summed E-state index contributed by atoms with van der Waals surface area (Å²) >= 11 is 0. The minimum atomic E-state index is -0.110. The summed E-state index contributed by atoms with van der Waals surface area (Å²) in [4.78, 5) is 17.6. The van der Waals surface area contributed by atoms with Gasteiger partial charge in [-0.25, -0.2) is 4.98 Å². The Bertz CT molecular complexity index is 1010. The van der Waals surface area contributed by atoms with Crippen molar-refractivity contribution in [2.45, 2.75) is 6.61 Å². The fraction of sp³-hybridized carbons (Fsp3) is 0.0476. The van der Waals surface area contributed by atoms with Crippen LogP contribution in [0.25, 0.3) is 11.0 Å². The molecule has 0 aliphatic rings. The lowest BCUT2D eigenvalue weighted by atomic mass is 10.2. The highest BCUT2D eigenvalue weighted by Crippen LogP contribution is 2.20. The maximum Gasteiger partial charge on any atom is 0.263 e. The van der Waals surface area contributed by atoms with Gasteiger partial charge in [-0.15, -0.1) is 0 Å². The molecule has 0 spiro atoms. The number of carbonyl (C=O) groups is 1. The number of hydrogen-bond acceptors (Lipinski definition) is 3. The summed E-state index contributed by atoms with van der Waals surface area (Å²) in [5, 5.41) is 0. The van der Waals surface area contributed by atoms with E-state index >= 15 is 0 Å². The summed E-state index contributed by atoms with van der Waals surface area (Å²) in [6.07, 6.45) is 0. The Kier molecular flexibility index (Phi) is 4.01. The molecule has 0 radical (unpaired) electrons. The SMILES string of the molecule is O=C(c1ccccc1)n1c(COc2ccccc2)nc2ccccc21. The second-order valence-electron chi connectivity index (χ2n) is 5.63. The third-order valence-electron chi connectivity index (χ3n) is 3.97. The van der Waals surface area contributed by atoms with Gasteiger partial charge in [0.05, 0.1) is 11.0 Å². The molecule has 0 saturated heterocycles. The molecule has 0 saturated carbocycles. The van der Waals surface area contributed by atoms with Crippen LogP contribution in [-0.2, 0) is 6.61 Å². The Morgan fingerprint density at radius 1 is 0.840 bits per heavy atom. The Balaban J connectivity index is 1.74. The van der Waals surface area contributed by atoms with Crippen molar-refractivity contribution in [1.82, 2.24) is 9.55 Å². The molecule has 122 valence electrons. The van der Waals surface area contributed by atoms with Gasteiger partial charge >= 0.3 is 0 Å². The molecule has 0 atom stereocenters. The number of ether oxygens (including phenoxy) is 1. The number of imidazole rings is 1. The van der Waals surface area contributed by atoms with Crippen molar-refractivity contribution in [3.63, 3.8) is 0 Å². The number of carbonyl (C=O) groups excluding carboxylic acids is 1. The number of benzene rings is 3. The first-order valence-electron chi connectivity index (χ1n) is 8.07. The normalized spacial score (nSPS) is 10.7. The first-order valence-corrected chi connectivity index (χ1v) is 8.07. The van der Waals surface area contributed by atoms with Crippen LogP contribution in [0.4, 0.5) is 0 Å². The summed E-state index contributed by atoms with van der Waals surface area (Å²) in [7, 11) is 0. The van der Waals surface area contributed by atoms with E-state index < -0.39 is 0 Å². The van der Waals surface area contributed by atoms with Gasteiger partial charge in [0.1, 0.15) is 12.4 Å². The minimum Gasteiger partial charge on any atom is -0.486 e. The average molecular weight is 328 g/mol. The predicted molar refractivity (Wildman–Crippen MR) is 96.7 cm³/mol. The molecule has 4 heteroatoms. The van der Waals surface area contributed by atoms with Gasteiger partial charge < -0.3 is 4.74 Å². The van der Waals surface area contributed by atoms with E-state index in [1.54, 1.807) is 16.7 Å². The standard InChI is InChI=1S/C21H16N2O2/c24-21(16-9-3-1-4-10-16)23-19-14-8-7-13-18(19)22-20(23)15-25-17-11-5-2-6-12-17/h1-14H,15H2. The quantitative estimate of drug-likeness (QED) is 0.561. The van der Waals surface area contributed by atoms with Gasteiger partial charge in [0.15, 0.2) is 5.82 Å². The molecule has 0 bridgehead atoms. The number of para-hydroxylation sites is 3. The maximum absolute atomic E-state index is 13.0. The molecule has 4 aromatic rings. The molecule has 4 nitrogen and oxygen atoms in total. The highest BCUT2D eigenvalue weighted by molar-refractivity contribution is 6.01. The molecule has 4 rings (SSSR count). The van der Waals surface area contributed by atoms with E-state index in [1.165, 1.54) is 0 Å². The second-order valence-corrected chi connectivity index (χ2v) is 5.63. The molecule has 0 unspecified atom stereocenters. The van der Waals surface area contributed by atoms with Crippen molar-refractivity contribution in [3.05, 3.63) is 96.3 Å². The van der Waals surface area contributed by atoms with Crippen molar-refractivity contribution in [3.8, 4) is 5.75 Å². The average Bonchev–Trinajstić information content (AvgIpc) is 3.05. The molecule has 0 amide bonds. The Hall–Kier alpha value is -3.40. The predicted octanol–water partition coefficient (Wildman–Crippen LogP) is 4.30. The molecule has 0 N–H and O–H groups in total. The van der Waals surface area contributed by atoms with Crippen LogP contribution in [0.3, 0.4) is 0 Å². The van der Waals surface area contributed by atoms with Crippen LogP contribution in [0, 0.1) is 0 Å². The van der Waals surface area contributed by atoms with Gasteiger partial charge in [-0.2, -0.15) is 0 Å². The first-order chi connectivity index (χ1) is 12.3. The van der Waals surface area contributed by atoms with E-state index in [4.69, 9.17) is 4.74 Å². The van der Waals surface area contributed by atoms with Crippen molar-refractivity contribution in [2.24, 2.45) is 0 Å². The smallest absolute Gasteiger partial charge is 0.263 e. The highest BCUT2D eigenvalue weighted by Gasteiger charge is 2.18. The summed E-state index contributed by atoms with van der Waals surface area (Å²) in [6, 6.07) is 26.3. The number of aromatic nitrogens is 2. The third kappa shape index (κ3) is 3.02. The number of hydrogen-bond donors (Lipinski definition) is 0. The Morgan fingerprint density at radius 2 is 1.48 bits per heavy atom. The van der Waals surface area contributed by atoms with Crippen LogP contribution in [-0.4, -0.2) is 15.5 Å². The van der Waals surface area contributed by atoms with Gasteiger partial charge in [-0.1, -0.05) is 48.5 Å². The van der Waals surface area contributed by atoms with Crippen LogP contribution in [0.1, 0.15) is 16.2 Å². The second kappa shape index (κ2) is 6.61. The lowest BCUT2D eigenvalue weighted by molar-refractivity contribution is 0.0956. The largest absolute Gasteiger partial charge is 0.486 e. The van der Waals surface area contributed by atoms with E-state index in [1.807, 2.05) is 72.8 Å². The van der Waals surface area contributed by atoms with E-state index in [0.29, 0.717) is 11.4 Å².